The van der Waals surface area contributed by atoms with E-state index < -0.39 is 28.6 Å². The molecule has 11 nitrogen and oxygen atoms in total. The molecule has 0 saturated carbocycles. The minimum atomic E-state index is -1.51. The van der Waals surface area contributed by atoms with Crippen molar-refractivity contribution in [3.8, 4) is 0 Å². The van der Waals surface area contributed by atoms with Crippen LogP contribution in [0.4, 0.5) is 16.2 Å². The molecule has 158 valence electrons. The Morgan fingerprint density at radius 2 is 1.84 bits per heavy atom. The van der Waals surface area contributed by atoms with Crippen LogP contribution in [0.15, 0.2) is 71.9 Å². The number of hydrogen-bond donors (Lipinski definition) is 2. The van der Waals surface area contributed by atoms with Gasteiger partial charge in [0.25, 0.3) is 11.2 Å². The molecule has 1 heterocycles. The molecule has 0 aliphatic heterocycles. The second kappa shape index (κ2) is 9.31. The smallest absolute Gasteiger partial charge is 0.412 e. The fraction of sp³-hybridized carbons (Fsp3) is 0.100. The van der Waals surface area contributed by atoms with Gasteiger partial charge >= 0.3 is 12.1 Å². The quantitative estimate of drug-likeness (QED) is 0.433. The number of amides is 1. The molecular formula is C20H16N4O7. The number of carboxylic acid groups (broad SMARTS) is 1. The lowest BCUT2D eigenvalue weighted by Gasteiger charge is -2.16. The zero-order chi connectivity index (χ0) is 22.4. The number of nitrogens with zero attached hydrogens (tertiary/aromatic N) is 3. The van der Waals surface area contributed by atoms with Gasteiger partial charge < -0.3 is 9.84 Å². The SMILES string of the molecule is O=C(Nc1cncn(C(C(=O)O)c2ccc([N+](=O)[O-])cc2)c1=O)OCc1ccccc1. The van der Waals surface area contributed by atoms with E-state index in [0.29, 0.717) is 0 Å². The second-order valence-electron chi connectivity index (χ2n) is 6.30. The molecule has 0 aliphatic rings. The van der Waals surface area contributed by atoms with Crippen molar-refractivity contribution < 1.29 is 24.4 Å². The topological polar surface area (TPSA) is 154 Å². The van der Waals surface area contributed by atoms with Crippen LogP contribution >= 0.6 is 0 Å². The van der Waals surface area contributed by atoms with Gasteiger partial charge in [-0.05, 0) is 23.3 Å². The van der Waals surface area contributed by atoms with E-state index in [1.54, 1.807) is 24.3 Å². The van der Waals surface area contributed by atoms with Gasteiger partial charge in [-0.2, -0.15) is 0 Å². The number of benzene rings is 2. The Balaban J connectivity index is 1.82. The van der Waals surface area contributed by atoms with Crippen molar-refractivity contribution >= 4 is 23.4 Å². The number of carbonyl (C=O) groups is 2. The van der Waals surface area contributed by atoms with E-state index >= 15 is 0 Å². The van der Waals surface area contributed by atoms with Crippen molar-refractivity contribution in [3.63, 3.8) is 0 Å². The highest BCUT2D eigenvalue weighted by molar-refractivity contribution is 5.84. The Hall–Kier alpha value is -4.54. The summed E-state index contributed by atoms with van der Waals surface area (Å²) in [5, 5.41) is 22.7. The molecule has 1 amide bonds. The Kier molecular flexibility index (Phi) is 6.36. The summed E-state index contributed by atoms with van der Waals surface area (Å²) >= 11 is 0. The van der Waals surface area contributed by atoms with Crippen LogP contribution in [-0.4, -0.2) is 31.6 Å². The molecule has 3 aromatic rings. The lowest BCUT2D eigenvalue weighted by atomic mass is 10.1. The van der Waals surface area contributed by atoms with Gasteiger partial charge in [-0.1, -0.05) is 30.3 Å². The van der Waals surface area contributed by atoms with Gasteiger partial charge in [0.1, 0.15) is 12.3 Å². The van der Waals surface area contributed by atoms with E-state index in [1.165, 1.54) is 12.1 Å². The number of ether oxygens (including phenoxy) is 1. The number of carbonyl (C=O) groups excluding carboxylic acids is 1. The predicted octanol–water partition coefficient (Wildman–Crippen LogP) is 2.57. The molecule has 1 unspecified atom stereocenters. The summed E-state index contributed by atoms with van der Waals surface area (Å²) in [4.78, 5) is 50.6. The maximum atomic E-state index is 12.8. The number of non-ortho nitro benzene ring substituents is 1. The number of carboxylic acids is 1. The minimum Gasteiger partial charge on any atom is -0.479 e. The number of hydrogen-bond acceptors (Lipinski definition) is 7. The predicted molar refractivity (Wildman–Crippen MR) is 108 cm³/mol. The molecule has 31 heavy (non-hydrogen) atoms. The number of aromatic nitrogens is 2. The van der Waals surface area contributed by atoms with Crippen molar-refractivity contribution in [1.82, 2.24) is 9.55 Å². The van der Waals surface area contributed by atoms with E-state index in [1.807, 2.05) is 6.07 Å². The lowest BCUT2D eigenvalue weighted by molar-refractivity contribution is -0.384. The number of rotatable bonds is 7. The maximum absolute atomic E-state index is 12.8. The highest BCUT2D eigenvalue weighted by Crippen LogP contribution is 2.21. The summed E-state index contributed by atoms with van der Waals surface area (Å²) in [5.74, 6) is -1.39. The van der Waals surface area contributed by atoms with E-state index in [0.717, 1.165) is 34.8 Å². The van der Waals surface area contributed by atoms with Crippen molar-refractivity contribution in [2.24, 2.45) is 0 Å². The Morgan fingerprint density at radius 1 is 1.16 bits per heavy atom. The molecule has 0 radical (unpaired) electrons. The summed E-state index contributed by atoms with van der Waals surface area (Å²) in [6.07, 6.45) is 1.16. The van der Waals surface area contributed by atoms with Crippen molar-refractivity contribution in [3.05, 3.63) is 98.7 Å². The number of nitro benzene ring substituents is 1. The molecule has 0 fully saturated rings. The fourth-order valence-corrected chi connectivity index (χ4v) is 2.77. The zero-order valence-corrected chi connectivity index (χ0v) is 15.9. The van der Waals surface area contributed by atoms with Crippen molar-refractivity contribution in [1.29, 1.82) is 0 Å². The largest absolute Gasteiger partial charge is 0.479 e. The number of nitro groups is 1. The van der Waals surface area contributed by atoms with Gasteiger partial charge in [0.05, 0.1) is 17.4 Å². The molecule has 0 saturated heterocycles. The van der Waals surface area contributed by atoms with Crippen LogP contribution in [0.25, 0.3) is 0 Å². The first-order valence-electron chi connectivity index (χ1n) is 8.88. The highest BCUT2D eigenvalue weighted by atomic mass is 16.6. The average molecular weight is 424 g/mol. The zero-order valence-electron chi connectivity index (χ0n) is 15.9. The van der Waals surface area contributed by atoms with Gasteiger partial charge in [-0.3, -0.25) is 24.8 Å². The van der Waals surface area contributed by atoms with Crippen LogP contribution in [0.5, 0.6) is 0 Å². The van der Waals surface area contributed by atoms with E-state index in [9.17, 15) is 29.6 Å². The van der Waals surface area contributed by atoms with Crippen molar-refractivity contribution in [2.75, 3.05) is 5.32 Å². The third-order valence-electron chi connectivity index (χ3n) is 4.24. The molecule has 1 atom stereocenters. The molecule has 2 aromatic carbocycles. The Bertz CT molecular complexity index is 1160. The van der Waals surface area contributed by atoms with Crippen LogP contribution in [0.1, 0.15) is 17.2 Å². The summed E-state index contributed by atoms with van der Waals surface area (Å²) in [7, 11) is 0. The number of nitrogens with one attached hydrogen (secondary N) is 1. The monoisotopic (exact) mass is 424 g/mol. The standard InChI is InChI=1S/C20H16N4O7/c25-18-16(22-20(28)31-11-13-4-2-1-3-5-13)10-21-12-23(18)17(19(26)27)14-6-8-15(9-7-14)24(29)30/h1-10,12,17H,11H2,(H,22,28)(H,26,27). The summed E-state index contributed by atoms with van der Waals surface area (Å²) < 4.78 is 5.85. The summed E-state index contributed by atoms with van der Waals surface area (Å²) in [6, 6.07) is 12.1. The molecule has 0 aliphatic carbocycles. The van der Waals surface area contributed by atoms with Gasteiger partial charge in [0, 0.05) is 12.1 Å². The van der Waals surface area contributed by atoms with E-state index in [2.05, 4.69) is 10.3 Å². The van der Waals surface area contributed by atoms with Gasteiger partial charge in [0.2, 0.25) is 0 Å². The molecule has 11 heteroatoms. The van der Waals surface area contributed by atoms with Crippen molar-refractivity contribution in [2.45, 2.75) is 12.6 Å². The van der Waals surface area contributed by atoms with E-state index in [4.69, 9.17) is 4.74 Å². The second-order valence-corrected chi connectivity index (χ2v) is 6.30. The van der Waals surface area contributed by atoms with Gasteiger partial charge in [-0.25, -0.2) is 14.6 Å². The Morgan fingerprint density at radius 3 is 2.45 bits per heavy atom. The van der Waals surface area contributed by atoms with Crippen LogP contribution in [0.2, 0.25) is 0 Å². The van der Waals surface area contributed by atoms with Crippen LogP contribution < -0.4 is 10.9 Å². The Labute approximate surface area is 174 Å². The van der Waals surface area contributed by atoms with Crippen LogP contribution in [-0.2, 0) is 16.1 Å². The normalized spacial score (nSPS) is 11.4. The summed E-state index contributed by atoms with van der Waals surface area (Å²) in [6.45, 7) is -0.0261. The molecule has 0 bridgehead atoms. The highest BCUT2D eigenvalue weighted by Gasteiger charge is 2.25. The molecule has 3 rings (SSSR count). The van der Waals surface area contributed by atoms with Crippen LogP contribution in [0, 0.1) is 10.1 Å². The average Bonchev–Trinajstić information content (AvgIpc) is 2.76. The first-order valence-corrected chi connectivity index (χ1v) is 8.88. The number of aliphatic carboxylic acids is 1. The van der Waals surface area contributed by atoms with Gasteiger partial charge in [0.15, 0.2) is 6.04 Å². The fourth-order valence-electron chi connectivity index (χ4n) is 2.77. The third kappa shape index (κ3) is 5.09. The minimum absolute atomic E-state index is 0.0261. The lowest BCUT2D eigenvalue weighted by Crippen LogP contribution is -2.33. The van der Waals surface area contributed by atoms with Gasteiger partial charge in [-0.15, -0.1) is 0 Å². The molecule has 1 aromatic heterocycles. The molecule has 2 N–H and O–H groups in total. The number of anilines is 1. The van der Waals surface area contributed by atoms with Crippen LogP contribution in [0.3, 0.4) is 0 Å². The first-order chi connectivity index (χ1) is 14.9. The summed E-state index contributed by atoms with van der Waals surface area (Å²) in [5.41, 5.74) is -0.489. The first kappa shape index (κ1) is 21.2. The van der Waals surface area contributed by atoms with E-state index in [-0.39, 0.29) is 23.5 Å². The maximum Gasteiger partial charge on any atom is 0.412 e. The third-order valence-corrected chi connectivity index (χ3v) is 4.24. The molecule has 0 spiro atoms. The molecular weight excluding hydrogens is 408 g/mol.